The molecule has 0 aromatic heterocycles. The minimum atomic E-state index is -0.368. The van der Waals surface area contributed by atoms with Crippen molar-refractivity contribution in [1.82, 2.24) is 4.90 Å². The predicted molar refractivity (Wildman–Crippen MR) is 86.1 cm³/mol. The van der Waals surface area contributed by atoms with E-state index in [1.54, 1.807) is 0 Å². The van der Waals surface area contributed by atoms with Crippen LogP contribution in [0, 0.1) is 0 Å². The standard InChI is InChI=1S/C19H23NO/c21-18(15-16-9-3-1-4-10-16)19(20-13-7-8-14-20)17-11-5-2-6-12-17/h1-6,9-12,18-19,21H,7-8,13-15H2. The van der Waals surface area contributed by atoms with Crippen LogP contribution < -0.4 is 0 Å². The van der Waals surface area contributed by atoms with Gasteiger partial charge < -0.3 is 5.11 Å². The lowest BCUT2D eigenvalue weighted by Crippen LogP contribution is -2.35. The number of hydrogen-bond donors (Lipinski definition) is 1. The first kappa shape index (κ1) is 14.3. The third kappa shape index (κ3) is 3.52. The molecule has 1 heterocycles. The van der Waals surface area contributed by atoms with E-state index in [4.69, 9.17) is 0 Å². The highest BCUT2D eigenvalue weighted by Crippen LogP contribution is 2.29. The molecule has 1 saturated heterocycles. The Bertz CT molecular complexity index is 534. The second kappa shape index (κ2) is 6.88. The molecule has 0 bridgehead atoms. The van der Waals surface area contributed by atoms with Crippen molar-refractivity contribution in [2.24, 2.45) is 0 Å². The van der Waals surface area contributed by atoms with Crippen LogP contribution in [0.3, 0.4) is 0 Å². The highest BCUT2D eigenvalue weighted by molar-refractivity contribution is 5.23. The van der Waals surface area contributed by atoms with Gasteiger partial charge in [0, 0.05) is 6.42 Å². The lowest BCUT2D eigenvalue weighted by atomic mass is 9.95. The van der Waals surface area contributed by atoms with Crippen LogP contribution in [-0.2, 0) is 6.42 Å². The fourth-order valence-corrected chi connectivity index (χ4v) is 3.31. The molecule has 2 heteroatoms. The average molecular weight is 281 g/mol. The molecular formula is C19H23NO. The lowest BCUT2D eigenvalue weighted by Gasteiger charge is -2.32. The lowest BCUT2D eigenvalue weighted by molar-refractivity contribution is 0.0616. The summed E-state index contributed by atoms with van der Waals surface area (Å²) in [5, 5.41) is 10.8. The summed E-state index contributed by atoms with van der Waals surface area (Å²) in [7, 11) is 0. The fourth-order valence-electron chi connectivity index (χ4n) is 3.31. The Morgan fingerprint density at radius 3 is 2.05 bits per heavy atom. The van der Waals surface area contributed by atoms with Crippen molar-refractivity contribution in [3.63, 3.8) is 0 Å². The highest BCUT2D eigenvalue weighted by atomic mass is 16.3. The summed E-state index contributed by atoms with van der Waals surface area (Å²) >= 11 is 0. The Labute approximate surface area is 127 Å². The quantitative estimate of drug-likeness (QED) is 0.907. The van der Waals surface area contributed by atoms with Crippen molar-refractivity contribution in [2.75, 3.05) is 13.1 Å². The molecule has 1 fully saturated rings. The van der Waals surface area contributed by atoms with Crippen molar-refractivity contribution in [3.8, 4) is 0 Å². The van der Waals surface area contributed by atoms with E-state index in [0.717, 1.165) is 13.1 Å². The van der Waals surface area contributed by atoms with E-state index in [1.807, 2.05) is 24.3 Å². The molecule has 1 aliphatic rings. The molecule has 0 spiro atoms. The molecule has 0 saturated carbocycles. The third-order valence-electron chi connectivity index (χ3n) is 4.33. The van der Waals surface area contributed by atoms with E-state index < -0.39 is 0 Å². The number of hydrogen-bond acceptors (Lipinski definition) is 2. The van der Waals surface area contributed by atoms with Gasteiger partial charge in [-0.15, -0.1) is 0 Å². The van der Waals surface area contributed by atoms with Crippen LogP contribution in [0.2, 0.25) is 0 Å². The molecule has 2 atom stereocenters. The predicted octanol–water partition coefficient (Wildman–Crippen LogP) is 3.43. The first-order chi connectivity index (χ1) is 10.3. The van der Waals surface area contributed by atoms with E-state index in [-0.39, 0.29) is 12.1 Å². The Morgan fingerprint density at radius 1 is 0.857 bits per heavy atom. The van der Waals surface area contributed by atoms with Gasteiger partial charge in [-0.2, -0.15) is 0 Å². The maximum absolute atomic E-state index is 10.8. The van der Waals surface area contributed by atoms with Crippen LogP contribution in [0.5, 0.6) is 0 Å². The smallest absolute Gasteiger partial charge is 0.0777 e. The minimum absolute atomic E-state index is 0.105. The van der Waals surface area contributed by atoms with E-state index in [0.29, 0.717) is 6.42 Å². The van der Waals surface area contributed by atoms with Crippen LogP contribution in [0.4, 0.5) is 0 Å². The molecule has 1 N–H and O–H groups in total. The van der Waals surface area contributed by atoms with Gasteiger partial charge in [0.1, 0.15) is 0 Å². The number of nitrogens with zero attached hydrogens (tertiary/aromatic N) is 1. The van der Waals surface area contributed by atoms with E-state index in [2.05, 4.69) is 41.3 Å². The molecule has 0 amide bonds. The third-order valence-corrected chi connectivity index (χ3v) is 4.33. The number of likely N-dealkylation sites (tertiary alicyclic amines) is 1. The van der Waals surface area contributed by atoms with Gasteiger partial charge in [-0.25, -0.2) is 0 Å². The van der Waals surface area contributed by atoms with Crippen LogP contribution in [-0.4, -0.2) is 29.2 Å². The second-order valence-corrected chi connectivity index (χ2v) is 5.86. The summed E-state index contributed by atoms with van der Waals surface area (Å²) in [6.45, 7) is 2.18. The molecule has 0 aliphatic carbocycles. The second-order valence-electron chi connectivity index (χ2n) is 5.86. The molecule has 2 nitrogen and oxygen atoms in total. The Balaban J connectivity index is 1.81. The van der Waals surface area contributed by atoms with Gasteiger partial charge in [0.05, 0.1) is 12.1 Å². The van der Waals surface area contributed by atoms with Crippen LogP contribution in [0.15, 0.2) is 60.7 Å². The SMILES string of the molecule is OC(Cc1ccccc1)C(c1ccccc1)N1CCCC1. The molecule has 0 radical (unpaired) electrons. The van der Waals surface area contributed by atoms with Gasteiger partial charge in [-0.3, -0.25) is 4.90 Å². The van der Waals surface area contributed by atoms with E-state index >= 15 is 0 Å². The van der Waals surface area contributed by atoms with Gasteiger partial charge in [0.25, 0.3) is 0 Å². The van der Waals surface area contributed by atoms with Gasteiger partial charge in [-0.05, 0) is 37.1 Å². The Hall–Kier alpha value is -1.64. The van der Waals surface area contributed by atoms with Gasteiger partial charge >= 0.3 is 0 Å². The monoisotopic (exact) mass is 281 g/mol. The van der Waals surface area contributed by atoms with Crippen molar-refractivity contribution in [2.45, 2.75) is 31.4 Å². The molecule has 1 aliphatic heterocycles. The van der Waals surface area contributed by atoms with Gasteiger partial charge in [0.15, 0.2) is 0 Å². The molecule has 110 valence electrons. The summed E-state index contributed by atoms with van der Waals surface area (Å²) in [6.07, 6.45) is 2.81. The number of aliphatic hydroxyl groups is 1. The first-order valence-corrected chi connectivity index (χ1v) is 7.85. The molecule has 2 aromatic carbocycles. The van der Waals surface area contributed by atoms with Crippen molar-refractivity contribution >= 4 is 0 Å². The molecule has 2 unspecified atom stereocenters. The normalized spacial score (nSPS) is 18.5. The van der Waals surface area contributed by atoms with E-state index in [9.17, 15) is 5.11 Å². The Kier molecular flexibility index (Phi) is 4.69. The zero-order valence-corrected chi connectivity index (χ0v) is 12.4. The van der Waals surface area contributed by atoms with Gasteiger partial charge in [-0.1, -0.05) is 60.7 Å². The summed E-state index contributed by atoms with van der Waals surface area (Å²) < 4.78 is 0. The maximum Gasteiger partial charge on any atom is 0.0777 e. The summed E-state index contributed by atoms with van der Waals surface area (Å²) in [5.74, 6) is 0. The fraction of sp³-hybridized carbons (Fsp3) is 0.368. The zero-order valence-electron chi connectivity index (χ0n) is 12.4. The zero-order chi connectivity index (χ0) is 14.5. The summed E-state index contributed by atoms with van der Waals surface area (Å²) in [4.78, 5) is 2.43. The van der Waals surface area contributed by atoms with Crippen molar-refractivity contribution < 1.29 is 5.11 Å². The topological polar surface area (TPSA) is 23.5 Å². The highest BCUT2D eigenvalue weighted by Gasteiger charge is 2.29. The van der Waals surface area contributed by atoms with Crippen LogP contribution in [0.1, 0.15) is 30.0 Å². The molecule has 3 rings (SSSR count). The van der Waals surface area contributed by atoms with Gasteiger partial charge in [0.2, 0.25) is 0 Å². The summed E-state index contributed by atoms with van der Waals surface area (Å²) in [6, 6.07) is 20.8. The Morgan fingerprint density at radius 2 is 1.43 bits per heavy atom. The largest absolute Gasteiger partial charge is 0.391 e. The minimum Gasteiger partial charge on any atom is -0.391 e. The molecule has 21 heavy (non-hydrogen) atoms. The van der Waals surface area contributed by atoms with Crippen LogP contribution in [0.25, 0.3) is 0 Å². The first-order valence-electron chi connectivity index (χ1n) is 7.85. The molecular weight excluding hydrogens is 258 g/mol. The van der Waals surface area contributed by atoms with Crippen LogP contribution >= 0.6 is 0 Å². The number of aliphatic hydroxyl groups excluding tert-OH is 1. The summed E-state index contributed by atoms with van der Waals surface area (Å²) in [5.41, 5.74) is 2.42. The van der Waals surface area contributed by atoms with Crippen molar-refractivity contribution in [1.29, 1.82) is 0 Å². The molecule has 2 aromatic rings. The number of rotatable bonds is 5. The maximum atomic E-state index is 10.8. The number of benzene rings is 2. The van der Waals surface area contributed by atoms with E-state index in [1.165, 1.54) is 24.0 Å². The average Bonchev–Trinajstić information content (AvgIpc) is 3.03. The van der Waals surface area contributed by atoms with Crippen molar-refractivity contribution in [3.05, 3.63) is 71.8 Å².